The number of carboxylic acids is 2. The van der Waals surface area contributed by atoms with Crippen LogP contribution in [0.15, 0.2) is 12.7 Å². The molecule has 0 radical (unpaired) electrons. The number of carbonyl (C=O) groups excluding carboxylic acids is 2. The molecule has 0 saturated heterocycles. The van der Waals surface area contributed by atoms with E-state index in [0.717, 1.165) is 44.9 Å². The van der Waals surface area contributed by atoms with E-state index in [0.29, 0.717) is 18.6 Å². The van der Waals surface area contributed by atoms with Crippen LogP contribution < -0.4 is 10.6 Å². The zero-order valence-electron chi connectivity index (χ0n) is 17.2. The first-order valence-corrected chi connectivity index (χ1v) is 11.3. The number of hydrogen-bond acceptors (Lipinski definition) is 5. The van der Waals surface area contributed by atoms with Crippen LogP contribution in [-0.4, -0.2) is 58.1 Å². The lowest BCUT2D eigenvalue weighted by molar-refractivity contribution is -0.147. The monoisotopic (exact) mass is 430 g/mol. The molecule has 29 heavy (non-hydrogen) atoms. The van der Waals surface area contributed by atoms with Crippen molar-refractivity contribution in [3.05, 3.63) is 12.7 Å². The van der Waals surface area contributed by atoms with Gasteiger partial charge in [0, 0.05) is 6.42 Å². The van der Waals surface area contributed by atoms with Crippen LogP contribution in [0.5, 0.6) is 0 Å². The highest BCUT2D eigenvalue weighted by atomic mass is 32.2. The molecule has 0 bridgehead atoms. The number of rotatable bonds is 18. The van der Waals surface area contributed by atoms with Crippen molar-refractivity contribution in [2.24, 2.45) is 0 Å². The molecule has 0 spiro atoms. The Labute approximate surface area is 176 Å². The summed E-state index contributed by atoms with van der Waals surface area (Å²) < 4.78 is 0. The van der Waals surface area contributed by atoms with Crippen molar-refractivity contribution in [3.63, 3.8) is 0 Å². The quantitative estimate of drug-likeness (QED) is 0.194. The Hall–Kier alpha value is -2.03. The van der Waals surface area contributed by atoms with Crippen LogP contribution in [0.25, 0.3) is 0 Å². The summed E-state index contributed by atoms with van der Waals surface area (Å²) in [7, 11) is 0. The van der Waals surface area contributed by atoms with Gasteiger partial charge in [0.15, 0.2) is 0 Å². The molecule has 0 aromatic heterocycles. The Morgan fingerprint density at radius 1 is 0.966 bits per heavy atom. The van der Waals surface area contributed by atoms with Crippen molar-refractivity contribution in [2.75, 3.05) is 12.0 Å². The molecule has 8 nitrogen and oxygen atoms in total. The normalized spacial score (nSPS) is 12.6. The standard InChI is InChI=1S/C20H34N2O6S/c1-3-4-5-6-7-8-9-10-11-17(23)21-15(12-13-29-2)19(26)22-16(20(27)28)14-18(24)25/h3,15-16H,1,4-14H2,2H3,(H,21,23)(H,22,26)(H,24,25)(H,27,28)/t15-,16-/m0/s1. The van der Waals surface area contributed by atoms with E-state index >= 15 is 0 Å². The van der Waals surface area contributed by atoms with Gasteiger partial charge >= 0.3 is 11.9 Å². The van der Waals surface area contributed by atoms with Crippen LogP contribution in [0.3, 0.4) is 0 Å². The Morgan fingerprint density at radius 2 is 1.59 bits per heavy atom. The average molecular weight is 431 g/mol. The molecule has 0 unspecified atom stereocenters. The summed E-state index contributed by atoms with van der Waals surface area (Å²) in [6.45, 7) is 3.69. The second-order valence-electron chi connectivity index (χ2n) is 6.85. The molecule has 4 N–H and O–H groups in total. The number of amides is 2. The third kappa shape index (κ3) is 14.6. The highest BCUT2D eigenvalue weighted by molar-refractivity contribution is 7.98. The fraction of sp³-hybridized carbons (Fsp3) is 0.700. The van der Waals surface area contributed by atoms with E-state index in [4.69, 9.17) is 10.2 Å². The molecule has 0 aromatic carbocycles. The number of carbonyl (C=O) groups is 4. The highest BCUT2D eigenvalue weighted by Gasteiger charge is 2.27. The maximum absolute atomic E-state index is 12.4. The minimum absolute atomic E-state index is 0.261. The third-order valence-corrected chi connectivity index (χ3v) is 4.96. The second kappa shape index (κ2) is 16.9. The second-order valence-corrected chi connectivity index (χ2v) is 7.83. The number of thioether (sulfide) groups is 1. The van der Waals surface area contributed by atoms with Crippen molar-refractivity contribution < 1.29 is 29.4 Å². The van der Waals surface area contributed by atoms with Gasteiger partial charge in [0.05, 0.1) is 6.42 Å². The SMILES string of the molecule is C=CCCCCCCCCC(=O)N[C@@H](CCSC)C(=O)N[C@@H](CC(=O)O)C(=O)O. The molecule has 0 aliphatic rings. The van der Waals surface area contributed by atoms with Crippen molar-refractivity contribution in [2.45, 2.75) is 76.3 Å². The van der Waals surface area contributed by atoms with Crippen molar-refractivity contribution in [1.82, 2.24) is 10.6 Å². The smallest absolute Gasteiger partial charge is 0.326 e. The summed E-state index contributed by atoms with van der Waals surface area (Å²) in [4.78, 5) is 46.5. The van der Waals surface area contributed by atoms with Crippen molar-refractivity contribution >= 4 is 35.5 Å². The summed E-state index contributed by atoms with van der Waals surface area (Å²) in [5.74, 6) is -3.10. The molecule has 0 saturated carbocycles. The Kier molecular flexibility index (Phi) is 15.7. The van der Waals surface area contributed by atoms with E-state index in [1.54, 1.807) is 0 Å². The van der Waals surface area contributed by atoms with Gasteiger partial charge in [0.1, 0.15) is 12.1 Å². The summed E-state index contributed by atoms with van der Waals surface area (Å²) >= 11 is 1.49. The molecule has 0 aromatic rings. The first-order chi connectivity index (χ1) is 13.8. The number of hydrogen-bond donors (Lipinski definition) is 4. The van der Waals surface area contributed by atoms with E-state index in [9.17, 15) is 19.2 Å². The predicted molar refractivity (Wildman–Crippen MR) is 114 cm³/mol. The largest absolute Gasteiger partial charge is 0.481 e. The van der Waals surface area contributed by atoms with Crippen molar-refractivity contribution in [1.29, 1.82) is 0 Å². The summed E-state index contributed by atoms with van der Waals surface area (Å²) in [5.41, 5.74) is 0. The van der Waals surface area contributed by atoms with E-state index < -0.39 is 36.4 Å². The maximum atomic E-state index is 12.4. The number of carboxylic acid groups (broad SMARTS) is 2. The Balaban J connectivity index is 4.44. The number of allylic oxidation sites excluding steroid dienone is 1. The maximum Gasteiger partial charge on any atom is 0.326 e. The fourth-order valence-corrected chi connectivity index (χ4v) is 3.17. The van der Waals surface area contributed by atoms with Crippen LogP contribution in [-0.2, 0) is 19.2 Å². The van der Waals surface area contributed by atoms with E-state index in [1.165, 1.54) is 11.8 Å². The predicted octanol–water partition coefficient (Wildman–Crippen LogP) is 2.58. The summed E-state index contributed by atoms with van der Waals surface area (Å²) in [5, 5.41) is 22.7. The topological polar surface area (TPSA) is 133 Å². The van der Waals surface area contributed by atoms with Gasteiger partial charge in [-0.15, -0.1) is 6.58 Å². The van der Waals surface area contributed by atoms with E-state index in [1.807, 2.05) is 12.3 Å². The van der Waals surface area contributed by atoms with E-state index in [2.05, 4.69) is 17.2 Å². The number of nitrogens with one attached hydrogen (secondary N) is 2. The molecule has 9 heteroatoms. The Morgan fingerprint density at radius 3 is 2.14 bits per heavy atom. The zero-order valence-corrected chi connectivity index (χ0v) is 18.0. The minimum Gasteiger partial charge on any atom is -0.481 e. The lowest BCUT2D eigenvalue weighted by Crippen LogP contribution is -2.52. The number of aliphatic carboxylic acids is 2. The average Bonchev–Trinajstić information content (AvgIpc) is 2.66. The zero-order chi connectivity index (χ0) is 22.1. The molecular weight excluding hydrogens is 396 g/mol. The third-order valence-electron chi connectivity index (χ3n) is 4.32. The van der Waals surface area contributed by atoms with Gasteiger partial charge in [0.25, 0.3) is 0 Å². The van der Waals surface area contributed by atoms with Gasteiger partial charge in [-0.3, -0.25) is 14.4 Å². The van der Waals surface area contributed by atoms with Gasteiger partial charge in [-0.2, -0.15) is 11.8 Å². The van der Waals surface area contributed by atoms with E-state index in [-0.39, 0.29) is 5.91 Å². The van der Waals surface area contributed by atoms with Gasteiger partial charge < -0.3 is 20.8 Å². The lowest BCUT2D eigenvalue weighted by Gasteiger charge is -2.20. The minimum atomic E-state index is -1.53. The van der Waals surface area contributed by atoms with Crippen LogP contribution >= 0.6 is 11.8 Å². The number of unbranched alkanes of at least 4 members (excludes halogenated alkanes) is 6. The fourth-order valence-electron chi connectivity index (χ4n) is 2.70. The van der Waals surface area contributed by atoms with Crippen LogP contribution in [0, 0.1) is 0 Å². The van der Waals surface area contributed by atoms with Gasteiger partial charge in [0.2, 0.25) is 11.8 Å². The van der Waals surface area contributed by atoms with Gasteiger partial charge in [-0.1, -0.05) is 31.8 Å². The van der Waals surface area contributed by atoms with Gasteiger partial charge in [-0.05, 0) is 37.7 Å². The molecule has 0 aliphatic carbocycles. The van der Waals surface area contributed by atoms with Gasteiger partial charge in [-0.25, -0.2) is 4.79 Å². The molecule has 2 atom stereocenters. The molecule has 166 valence electrons. The van der Waals surface area contributed by atoms with Crippen LogP contribution in [0.2, 0.25) is 0 Å². The molecule has 0 aliphatic heterocycles. The summed E-state index contributed by atoms with van der Waals surface area (Å²) in [6.07, 6.45) is 10.8. The first-order valence-electron chi connectivity index (χ1n) is 9.96. The molecule has 0 fully saturated rings. The molecule has 0 heterocycles. The highest BCUT2D eigenvalue weighted by Crippen LogP contribution is 2.09. The van der Waals surface area contributed by atoms with Crippen LogP contribution in [0.4, 0.5) is 0 Å². The molecular formula is C20H34N2O6S. The van der Waals surface area contributed by atoms with Crippen molar-refractivity contribution in [3.8, 4) is 0 Å². The summed E-state index contributed by atoms with van der Waals surface area (Å²) in [6, 6.07) is -2.42. The Bertz CT molecular complexity index is 541. The lowest BCUT2D eigenvalue weighted by atomic mass is 10.1. The van der Waals surface area contributed by atoms with Crippen LogP contribution in [0.1, 0.15) is 64.2 Å². The molecule has 2 amide bonds. The molecule has 0 rings (SSSR count). The first kappa shape index (κ1) is 27.0.